The maximum absolute atomic E-state index is 14.2. The minimum absolute atomic E-state index is 0.172. The summed E-state index contributed by atoms with van der Waals surface area (Å²) in [5, 5.41) is 6.59. The first kappa shape index (κ1) is 28.0. The average Bonchev–Trinajstić information content (AvgIpc) is 3.57. The van der Waals surface area contributed by atoms with E-state index in [9.17, 15) is 14.4 Å². The van der Waals surface area contributed by atoms with Crippen molar-refractivity contribution in [1.29, 1.82) is 0 Å². The topological polar surface area (TPSA) is 97.0 Å². The summed E-state index contributed by atoms with van der Waals surface area (Å²) in [5.74, 6) is -1.87. The number of carbonyl (C=O) groups is 3. The summed E-state index contributed by atoms with van der Waals surface area (Å²) in [6, 6.07) is 23.2. The van der Waals surface area contributed by atoms with Gasteiger partial charge >= 0.3 is 0 Å². The molecule has 9 heteroatoms. The molecule has 42 heavy (non-hydrogen) atoms. The molecule has 2 bridgehead atoms. The fourth-order valence-corrected chi connectivity index (χ4v) is 6.64. The van der Waals surface area contributed by atoms with Gasteiger partial charge in [-0.3, -0.25) is 14.4 Å². The molecule has 0 saturated carbocycles. The highest BCUT2D eigenvalue weighted by Crippen LogP contribution is 2.59. The largest absolute Gasteiger partial charge is 0.497 e. The number of nitrogens with one attached hydrogen (secondary N) is 2. The Morgan fingerprint density at radius 2 is 1.50 bits per heavy atom. The van der Waals surface area contributed by atoms with Crippen LogP contribution in [0, 0.1) is 11.8 Å². The highest BCUT2D eigenvalue weighted by Gasteiger charge is 2.76. The van der Waals surface area contributed by atoms with E-state index in [-0.39, 0.29) is 30.8 Å². The van der Waals surface area contributed by atoms with Gasteiger partial charge in [0.15, 0.2) is 0 Å². The van der Waals surface area contributed by atoms with Crippen molar-refractivity contribution in [3.8, 4) is 5.75 Å². The number of methoxy groups -OCH3 is 1. The second-order valence-corrected chi connectivity index (χ2v) is 11.6. The Labute approximate surface area is 249 Å². The van der Waals surface area contributed by atoms with Crippen molar-refractivity contribution in [2.45, 2.75) is 43.8 Å². The number of hydrogen-bond donors (Lipinski definition) is 2. The number of rotatable bonds is 9. The predicted molar refractivity (Wildman–Crippen MR) is 157 cm³/mol. The lowest BCUT2D eigenvalue weighted by molar-refractivity contribution is -0.145. The van der Waals surface area contributed by atoms with Crippen molar-refractivity contribution in [3.05, 3.63) is 113 Å². The molecule has 0 aliphatic carbocycles. The third-order valence-electron chi connectivity index (χ3n) is 8.53. The molecule has 5 atom stereocenters. The van der Waals surface area contributed by atoms with Crippen LogP contribution >= 0.6 is 11.6 Å². The molecule has 6 rings (SSSR count). The van der Waals surface area contributed by atoms with E-state index in [1.54, 1.807) is 24.1 Å². The summed E-state index contributed by atoms with van der Waals surface area (Å²) in [6.45, 7) is 2.56. The monoisotopic (exact) mass is 585 g/mol. The van der Waals surface area contributed by atoms with Gasteiger partial charge in [-0.1, -0.05) is 78.4 Å². The van der Waals surface area contributed by atoms with E-state index >= 15 is 0 Å². The van der Waals surface area contributed by atoms with Crippen LogP contribution in [0.15, 0.2) is 91.0 Å². The first-order chi connectivity index (χ1) is 20.2. The molecule has 3 aromatic carbocycles. The zero-order chi connectivity index (χ0) is 29.5. The van der Waals surface area contributed by atoms with Crippen LogP contribution in [-0.4, -0.2) is 47.0 Å². The van der Waals surface area contributed by atoms with Gasteiger partial charge < -0.3 is 25.0 Å². The van der Waals surface area contributed by atoms with E-state index in [1.807, 2.05) is 85.8 Å². The number of halogens is 1. The first-order valence-electron chi connectivity index (χ1n) is 13.9. The predicted octanol–water partition coefficient (Wildman–Crippen LogP) is 4.02. The van der Waals surface area contributed by atoms with Crippen molar-refractivity contribution in [3.63, 3.8) is 0 Å². The quantitative estimate of drug-likeness (QED) is 0.370. The Kier molecular flexibility index (Phi) is 7.29. The minimum Gasteiger partial charge on any atom is -0.497 e. The van der Waals surface area contributed by atoms with Crippen LogP contribution in [-0.2, 0) is 38.8 Å². The van der Waals surface area contributed by atoms with Gasteiger partial charge in [0.25, 0.3) is 0 Å². The van der Waals surface area contributed by atoms with Crippen LogP contribution < -0.4 is 15.4 Å². The molecule has 3 heterocycles. The van der Waals surface area contributed by atoms with Crippen LogP contribution in [0.1, 0.15) is 23.6 Å². The fraction of sp³-hybridized carbons (Fsp3) is 0.303. The summed E-state index contributed by atoms with van der Waals surface area (Å²) in [6.07, 6.45) is 3.65. The summed E-state index contributed by atoms with van der Waals surface area (Å²) >= 11 is 6.10. The standard InChI is InChI=1S/C33H32ClN3O5/c1-32-16-17-33(42-32)27(26(32)29(38)35-19-22-10-14-25(41-2)15-11-22)31(40)37(20-23-8-12-24(34)13-9-23)28(33)30(39)36-18-21-6-4-3-5-7-21/h3-17,26-28H,18-20H2,1-2H3,(H,35,38)(H,36,39)/t26-,27-,28+,32+,33+/m0/s1. The number of nitrogens with zero attached hydrogens (tertiary/aromatic N) is 1. The van der Waals surface area contributed by atoms with Gasteiger partial charge in [0.2, 0.25) is 17.7 Å². The Morgan fingerprint density at radius 1 is 0.881 bits per heavy atom. The van der Waals surface area contributed by atoms with E-state index < -0.39 is 29.1 Å². The van der Waals surface area contributed by atoms with E-state index in [0.29, 0.717) is 11.6 Å². The molecular formula is C33H32ClN3O5. The van der Waals surface area contributed by atoms with Crippen LogP contribution in [0.2, 0.25) is 5.02 Å². The number of hydrogen-bond acceptors (Lipinski definition) is 5. The Hall–Kier alpha value is -4.14. The second kappa shape index (κ2) is 10.9. The molecule has 3 aromatic rings. The fourth-order valence-electron chi connectivity index (χ4n) is 6.51. The minimum atomic E-state index is -1.28. The Balaban J connectivity index is 1.29. The number of carbonyl (C=O) groups excluding carboxylic acids is 3. The van der Waals surface area contributed by atoms with E-state index in [1.165, 1.54) is 0 Å². The lowest BCUT2D eigenvalue weighted by Crippen LogP contribution is -2.54. The van der Waals surface area contributed by atoms with Crippen LogP contribution in [0.4, 0.5) is 0 Å². The highest BCUT2D eigenvalue weighted by atomic mass is 35.5. The Bertz CT molecular complexity index is 1530. The summed E-state index contributed by atoms with van der Waals surface area (Å²) in [7, 11) is 1.60. The van der Waals surface area contributed by atoms with Crippen LogP contribution in [0.3, 0.4) is 0 Å². The summed E-state index contributed by atoms with van der Waals surface area (Å²) < 4.78 is 11.8. The number of amides is 3. The lowest BCUT2D eigenvalue weighted by atomic mass is 9.70. The third kappa shape index (κ3) is 4.84. The van der Waals surface area contributed by atoms with Gasteiger partial charge in [0, 0.05) is 24.7 Å². The number of fused-ring (bicyclic) bond motifs is 1. The zero-order valence-electron chi connectivity index (χ0n) is 23.4. The molecule has 3 aliphatic heterocycles. The maximum atomic E-state index is 14.2. The molecule has 2 N–H and O–H groups in total. The second-order valence-electron chi connectivity index (χ2n) is 11.2. The summed E-state index contributed by atoms with van der Waals surface area (Å²) in [4.78, 5) is 43.5. The van der Waals surface area contributed by atoms with Gasteiger partial charge in [0.1, 0.15) is 17.4 Å². The van der Waals surface area contributed by atoms with Crippen molar-refractivity contribution in [2.24, 2.45) is 11.8 Å². The number of likely N-dealkylation sites (tertiary alicyclic amines) is 1. The van der Waals surface area contributed by atoms with Gasteiger partial charge in [-0.2, -0.15) is 0 Å². The first-order valence-corrected chi connectivity index (χ1v) is 14.3. The molecule has 0 radical (unpaired) electrons. The molecule has 3 aliphatic rings. The molecule has 2 saturated heterocycles. The van der Waals surface area contributed by atoms with Gasteiger partial charge in [-0.05, 0) is 47.9 Å². The van der Waals surface area contributed by atoms with Crippen molar-refractivity contribution >= 4 is 29.3 Å². The van der Waals surface area contributed by atoms with E-state index in [0.717, 1.165) is 22.4 Å². The van der Waals surface area contributed by atoms with Crippen molar-refractivity contribution in [2.75, 3.05) is 7.11 Å². The smallest absolute Gasteiger partial charge is 0.246 e. The molecule has 3 amide bonds. The van der Waals surface area contributed by atoms with Gasteiger partial charge in [-0.15, -0.1) is 0 Å². The number of benzene rings is 3. The zero-order valence-corrected chi connectivity index (χ0v) is 24.1. The van der Waals surface area contributed by atoms with E-state index in [2.05, 4.69) is 10.6 Å². The normalized spacial score (nSPS) is 27.2. The SMILES string of the molecule is COc1ccc(CNC(=O)[C@@H]2[C@H]3C(=O)N(Cc4ccc(Cl)cc4)[C@H](C(=O)NCc4ccccc4)[C@@]34C=C[C@@]2(C)O4)cc1. The maximum Gasteiger partial charge on any atom is 0.246 e. The Morgan fingerprint density at radius 3 is 2.17 bits per heavy atom. The highest BCUT2D eigenvalue weighted by molar-refractivity contribution is 6.30. The average molecular weight is 586 g/mol. The molecule has 0 aromatic heterocycles. The molecule has 8 nitrogen and oxygen atoms in total. The molecule has 216 valence electrons. The van der Waals surface area contributed by atoms with Crippen LogP contribution in [0.5, 0.6) is 5.75 Å². The lowest BCUT2D eigenvalue weighted by Gasteiger charge is -2.33. The molecular weight excluding hydrogens is 554 g/mol. The molecule has 2 fully saturated rings. The van der Waals surface area contributed by atoms with Crippen molar-refractivity contribution in [1.82, 2.24) is 15.5 Å². The van der Waals surface area contributed by atoms with Crippen LogP contribution in [0.25, 0.3) is 0 Å². The molecule has 1 spiro atoms. The van der Waals surface area contributed by atoms with Gasteiger partial charge in [0.05, 0.1) is 24.5 Å². The van der Waals surface area contributed by atoms with E-state index in [4.69, 9.17) is 21.1 Å². The molecule has 0 unspecified atom stereocenters. The third-order valence-corrected chi connectivity index (χ3v) is 8.78. The van der Waals surface area contributed by atoms with Gasteiger partial charge in [-0.25, -0.2) is 0 Å². The summed E-state index contributed by atoms with van der Waals surface area (Å²) in [5.41, 5.74) is 0.332. The number of ether oxygens (including phenoxy) is 2. The van der Waals surface area contributed by atoms with Crippen molar-refractivity contribution < 1.29 is 23.9 Å².